The molecule has 0 unspecified atom stereocenters. The Morgan fingerprint density at radius 1 is 0.971 bits per heavy atom. The van der Waals surface area contributed by atoms with E-state index in [0.717, 1.165) is 56.3 Å². The SMILES string of the molecule is CC1(C)CC[C@]2(C(=O)O)CC[C@]3(C)C(=CC[C@@H]4[C@@]5(C)Cc6nonc6C(C)(C)[C@@H]5CC[C@]43C)[C@@H]2C1. The number of rotatable bonds is 1. The second-order valence-electron chi connectivity index (χ2n) is 15.1. The predicted molar refractivity (Wildman–Crippen MR) is 135 cm³/mol. The number of nitrogens with zero attached hydrogens (tertiary/aromatic N) is 2. The molecule has 6 rings (SSSR count). The second-order valence-corrected chi connectivity index (χ2v) is 15.1. The molecule has 0 aromatic carbocycles. The smallest absolute Gasteiger partial charge is 0.310 e. The van der Waals surface area contributed by atoms with E-state index in [1.165, 1.54) is 18.4 Å². The maximum atomic E-state index is 12.8. The second kappa shape index (κ2) is 6.81. The first kappa shape index (κ1) is 23.7. The summed E-state index contributed by atoms with van der Waals surface area (Å²) in [5.41, 5.74) is 3.53. The van der Waals surface area contributed by atoms with Gasteiger partial charge in [-0.1, -0.05) is 70.4 Å². The first-order valence-electron chi connectivity index (χ1n) is 14.0. The Labute approximate surface area is 210 Å². The van der Waals surface area contributed by atoms with Crippen LogP contribution in [0.3, 0.4) is 0 Å². The molecule has 0 aliphatic heterocycles. The van der Waals surface area contributed by atoms with Crippen molar-refractivity contribution < 1.29 is 14.5 Å². The van der Waals surface area contributed by atoms with E-state index in [9.17, 15) is 9.90 Å². The van der Waals surface area contributed by atoms with Gasteiger partial charge in [0.15, 0.2) is 0 Å². The van der Waals surface area contributed by atoms with Crippen molar-refractivity contribution in [3.63, 3.8) is 0 Å². The van der Waals surface area contributed by atoms with Crippen molar-refractivity contribution in [1.29, 1.82) is 0 Å². The Morgan fingerprint density at radius 2 is 1.69 bits per heavy atom. The number of hydrogen-bond donors (Lipinski definition) is 1. The molecule has 7 atom stereocenters. The molecule has 0 spiro atoms. The monoisotopic (exact) mass is 480 g/mol. The number of hydrogen-bond acceptors (Lipinski definition) is 4. The highest BCUT2D eigenvalue weighted by Crippen LogP contribution is 2.75. The molecule has 0 radical (unpaired) electrons. The van der Waals surface area contributed by atoms with Gasteiger partial charge in [-0.3, -0.25) is 4.79 Å². The van der Waals surface area contributed by atoms with E-state index in [2.05, 4.69) is 64.9 Å². The third kappa shape index (κ3) is 2.74. The lowest BCUT2D eigenvalue weighted by atomic mass is 9.34. The molecule has 5 aliphatic carbocycles. The van der Waals surface area contributed by atoms with Crippen molar-refractivity contribution in [2.24, 2.45) is 44.8 Å². The molecule has 3 saturated carbocycles. The fourth-order valence-corrected chi connectivity index (χ4v) is 10.8. The normalized spacial score (nSPS) is 47.3. The number of aromatic nitrogens is 2. The van der Waals surface area contributed by atoms with Crippen LogP contribution in [-0.4, -0.2) is 21.4 Å². The van der Waals surface area contributed by atoms with Crippen LogP contribution in [0.5, 0.6) is 0 Å². The van der Waals surface area contributed by atoms with Gasteiger partial charge in [-0.25, -0.2) is 4.63 Å². The highest BCUT2D eigenvalue weighted by Gasteiger charge is 2.69. The zero-order chi connectivity index (χ0) is 25.2. The van der Waals surface area contributed by atoms with E-state index >= 15 is 0 Å². The van der Waals surface area contributed by atoms with Crippen molar-refractivity contribution in [3.8, 4) is 0 Å². The van der Waals surface area contributed by atoms with Crippen molar-refractivity contribution >= 4 is 5.97 Å². The van der Waals surface area contributed by atoms with Crippen LogP contribution in [0.25, 0.3) is 0 Å². The minimum atomic E-state index is -0.570. The van der Waals surface area contributed by atoms with E-state index < -0.39 is 11.4 Å². The van der Waals surface area contributed by atoms with Gasteiger partial charge in [0.2, 0.25) is 0 Å². The molecule has 3 fully saturated rings. The molecule has 192 valence electrons. The first-order valence-corrected chi connectivity index (χ1v) is 14.0. The summed E-state index contributed by atoms with van der Waals surface area (Å²) in [6.45, 7) is 17.0. The third-order valence-electron chi connectivity index (χ3n) is 12.9. The fraction of sp³-hybridized carbons (Fsp3) is 0.833. The number of fused-ring (bicyclic) bond motifs is 8. The van der Waals surface area contributed by atoms with Gasteiger partial charge in [0.05, 0.1) is 5.41 Å². The molecule has 35 heavy (non-hydrogen) atoms. The van der Waals surface area contributed by atoms with Crippen LogP contribution in [0.2, 0.25) is 0 Å². The molecule has 0 amide bonds. The van der Waals surface area contributed by atoms with Crippen LogP contribution >= 0.6 is 0 Å². The van der Waals surface area contributed by atoms with Crippen LogP contribution in [0.1, 0.15) is 111 Å². The van der Waals surface area contributed by atoms with E-state index in [1.807, 2.05) is 0 Å². The molecule has 5 nitrogen and oxygen atoms in total. The zero-order valence-electron chi connectivity index (χ0n) is 22.8. The highest BCUT2D eigenvalue weighted by molar-refractivity contribution is 5.76. The fourth-order valence-electron chi connectivity index (χ4n) is 10.8. The predicted octanol–water partition coefficient (Wildman–Crippen LogP) is 6.97. The van der Waals surface area contributed by atoms with E-state index in [-0.39, 0.29) is 33.0 Å². The molecule has 1 heterocycles. The molecule has 5 aliphatic rings. The highest BCUT2D eigenvalue weighted by atomic mass is 16.6. The molecule has 1 aromatic heterocycles. The lowest BCUT2D eigenvalue weighted by molar-refractivity contribution is -0.177. The Balaban J connectivity index is 1.47. The van der Waals surface area contributed by atoms with E-state index in [1.54, 1.807) is 0 Å². The maximum Gasteiger partial charge on any atom is 0.310 e. The van der Waals surface area contributed by atoms with Gasteiger partial charge in [0.25, 0.3) is 0 Å². The summed E-state index contributed by atoms with van der Waals surface area (Å²) >= 11 is 0. The van der Waals surface area contributed by atoms with Crippen LogP contribution < -0.4 is 0 Å². The van der Waals surface area contributed by atoms with Crippen molar-refractivity contribution in [1.82, 2.24) is 10.3 Å². The number of allylic oxidation sites excluding steroid dienone is 2. The number of carboxylic acids is 1. The lowest BCUT2D eigenvalue weighted by Crippen LogP contribution is -2.64. The van der Waals surface area contributed by atoms with Gasteiger partial charge < -0.3 is 5.11 Å². The Kier molecular flexibility index (Phi) is 4.61. The minimum Gasteiger partial charge on any atom is -0.481 e. The summed E-state index contributed by atoms with van der Waals surface area (Å²) in [5.74, 6) is 0.700. The molecule has 0 bridgehead atoms. The van der Waals surface area contributed by atoms with Crippen LogP contribution in [0.15, 0.2) is 16.3 Å². The zero-order valence-corrected chi connectivity index (χ0v) is 22.8. The minimum absolute atomic E-state index is 0.0486. The summed E-state index contributed by atoms with van der Waals surface area (Å²) in [4.78, 5) is 12.8. The van der Waals surface area contributed by atoms with Crippen LogP contribution in [0, 0.1) is 44.8 Å². The van der Waals surface area contributed by atoms with Crippen LogP contribution in [-0.2, 0) is 16.6 Å². The summed E-state index contributed by atoms with van der Waals surface area (Å²) in [6.07, 6.45) is 11.6. The van der Waals surface area contributed by atoms with Crippen molar-refractivity contribution in [3.05, 3.63) is 23.0 Å². The van der Waals surface area contributed by atoms with Crippen molar-refractivity contribution in [2.75, 3.05) is 0 Å². The molecule has 5 heteroatoms. The van der Waals surface area contributed by atoms with Crippen molar-refractivity contribution in [2.45, 2.75) is 112 Å². The van der Waals surface area contributed by atoms with Gasteiger partial charge in [-0.2, -0.15) is 0 Å². The van der Waals surface area contributed by atoms with Gasteiger partial charge in [0, 0.05) is 11.8 Å². The number of carbonyl (C=O) groups is 1. The molecular weight excluding hydrogens is 436 g/mol. The maximum absolute atomic E-state index is 12.8. The largest absolute Gasteiger partial charge is 0.481 e. The summed E-state index contributed by atoms with van der Waals surface area (Å²) in [6, 6.07) is 0. The topological polar surface area (TPSA) is 76.2 Å². The average molecular weight is 481 g/mol. The quantitative estimate of drug-likeness (QED) is 0.439. The van der Waals surface area contributed by atoms with E-state index in [0.29, 0.717) is 11.8 Å². The number of carboxylic acid groups (broad SMARTS) is 1. The van der Waals surface area contributed by atoms with Gasteiger partial charge in [-0.05, 0) is 90.8 Å². The Bertz CT molecular complexity index is 1120. The lowest BCUT2D eigenvalue weighted by Gasteiger charge is -2.70. The average Bonchev–Trinajstić information content (AvgIpc) is 3.22. The summed E-state index contributed by atoms with van der Waals surface area (Å²) in [5, 5.41) is 19.3. The third-order valence-corrected chi connectivity index (χ3v) is 12.9. The summed E-state index contributed by atoms with van der Waals surface area (Å²) < 4.78 is 5.27. The molecule has 1 N–H and O–H groups in total. The molecule has 0 saturated heterocycles. The number of aliphatic carboxylic acids is 1. The Morgan fingerprint density at radius 3 is 2.40 bits per heavy atom. The van der Waals surface area contributed by atoms with Gasteiger partial charge in [-0.15, -0.1) is 0 Å². The summed E-state index contributed by atoms with van der Waals surface area (Å²) in [7, 11) is 0. The van der Waals surface area contributed by atoms with Gasteiger partial charge in [0.1, 0.15) is 11.4 Å². The van der Waals surface area contributed by atoms with Crippen LogP contribution in [0.4, 0.5) is 0 Å². The molecular formula is C30H44N2O3. The first-order chi connectivity index (χ1) is 16.2. The molecule has 1 aromatic rings. The van der Waals surface area contributed by atoms with Gasteiger partial charge >= 0.3 is 5.97 Å². The Hall–Kier alpha value is -1.65. The van der Waals surface area contributed by atoms with E-state index in [4.69, 9.17) is 4.63 Å². The standard InChI is InChI=1S/C30H44N2O3/c1-25(2)12-14-30(24(33)34)15-13-28(6)18(19(30)16-25)8-9-22-27(5)17-20-23(32-35-31-20)26(3,4)21(27)10-11-29(22,28)7/h8,19,21-22H,9-17H2,1-7H3,(H,33,34)/t19-,21-,22+,27-,28+,29+,30-/m0/s1.